The molecule has 4 heteroatoms. The zero-order chi connectivity index (χ0) is 15.3. The molecule has 0 radical (unpaired) electrons. The molecule has 0 amide bonds. The first-order chi connectivity index (χ1) is 10.1. The van der Waals surface area contributed by atoms with E-state index in [1.54, 1.807) is 0 Å². The predicted octanol–water partition coefficient (Wildman–Crippen LogP) is 4.25. The van der Waals surface area contributed by atoms with Crippen LogP contribution in [0, 0.1) is 5.41 Å². The van der Waals surface area contributed by atoms with E-state index in [9.17, 15) is 0 Å². The van der Waals surface area contributed by atoms with Crippen molar-refractivity contribution in [2.75, 3.05) is 24.5 Å². The highest BCUT2D eigenvalue weighted by Crippen LogP contribution is 2.35. The molecule has 2 heterocycles. The summed E-state index contributed by atoms with van der Waals surface area (Å²) in [6, 6.07) is 4.04. The summed E-state index contributed by atoms with van der Waals surface area (Å²) in [7, 11) is 0. The Bertz CT molecular complexity index is 453. The number of rotatable bonds is 6. The Morgan fingerprint density at radius 1 is 1.29 bits per heavy atom. The van der Waals surface area contributed by atoms with Crippen molar-refractivity contribution in [1.29, 1.82) is 0 Å². The lowest BCUT2D eigenvalue weighted by molar-refractivity contribution is 0.238. The van der Waals surface area contributed by atoms with Crippen LogP contribution >= 0.6 is 11.6 Å². The largest absolute Gasteiger partial charge is 0.357 e. The molecule has 1 N–H and O–H groups in total. The molecule has 0 atom stereocenters. The van der Waals surface area contributed by atoms with E-state index in [-0.39, 0.29) is 0 Å². The summed E-state index contributed by atoms with van der Waals surface area (Å²) in [6.07, 6.45) is 4.88. The fourth-order valence-electron chi connectivity index (χ4n) is 2.79. The Kier molecular flexibility index (Phi) is 5.88. The van der Waals surface area contributed by atoms with Crippen LogP contribution < -0.4 is 10.2 Å². The molecule has 1 aliphatic heterocycles. The topological polar surface area (TPSA) is 28.2 Å². The molecule has 118 valence electrons. The third kappa shape index (κ3) is 4.33. The molecule has 1 aliphatic rings. The number of aromatic nitrogens is 1. The van der Waals surface area contributed by atoms with E-state index >= 15 is 0 Å². The summed E-state index contributed by atoms with van der Waals surface area (Å²) in [5.41, 5.74) is 1.47. The molecule has 2 rings (SSSR count). The van der Waals surface area contributed by atoms with Gasteiger partial charge in [0.05, 0.1) is 10.7 Å². The Morgan fingerprint density at radius 3 is 2.62 bits per heavy atom. The lowest BCUT2D eigenvalue weighted by Gasteiger charge is -2.39. The average molecular weight is 310 g/mol. The van der Waals surface area contributed by atoms with Gasteiger partial charge in [0.15, 0.2) is 0 Å². The second-order valence-electron chi connectivity index (χ2n) is 6.43. The number of pyridine rings is 1. The van der Waals surface area contributed by atoms with Crippen LogP contribution in [-0.2, 0) is 6.54 Å². The van der Waals surface area contributed by atoms with Crippen molar-refractivity contribution in [1.82, 2.24) is 10.3 Å². The fraction of sp³-hybridized carbons (Fsp3) is 0.706. The number of nitrogens with one attached hydrogen (secondary N) is 1. The number of nitrogens with zero attached hydrogens (tertiary/aromatic N) is 2. The number of anilines is 1. The molecule has 0 bridgehead atoms. The van der Waals surface area contributed by atoms with Crippen molar-refractivity contribution >= 4 is 17.4 Å². The number of halogens is 1. The zero-order valence-corrected chi connectivity index (χ0v) is 14.3. The first-order valence-electron chi connectivity index (χ1n) is 8.19. The summed E-state index contributed by atoms with van der Waals surface area (Å²) >= 11 is 6.26. The number of hydrogen-bond acceptors (Lipinski definition) is 3. The summed E-state index contributed by atoms with van der Waals surface area (Å²) in [5, 5.41) is 4.14. The van der Waals surface area contributed by atoms with Crippen LogP contribution in [0.15, 0.2) is 12.1 Å². The van der Waals surface area contributed by atoms with Gasteiger partial charge >= 0.3 is 0 Å². The van der Waals surface area contributed by atoms with Crippen molar-refractivity contribution < 1.29 is 0 Å². The van der Waals surface area contributed by atoms with E-state index in [2.05, 4.69) is 37.1 Å². The predicted molar refractivity (Wildman–Crippen MR) is 91.1 cm³/mol. The molecule has 21 heavy (non-hydrogen) atoms. The lowest BCUT2D eigenvalue weighted by atomic mass is 9.78. The standard InChI is InChI=1S/C17H28ClN3/c1-4-10-19-13-15-14(18)6-7-16(20-15)21-11-8-17(3,5-2)9-12-21/h6-7,19H,4-5,8-13H2,1-3H3. The van der Waals surface area contributed by atoms with Crippen LogP contribution in [0.4, 0.5) is 5.82 Å². The first kappa shape index (κ1) is 16.6. The Hall–Kier alpha value is -0.800. The Morgan fingerprint density at radius 2 is 2.00 bits per heavy atom. The van der Waals surface area contributed by atoms with Gasteiger partial charge in [-0.15, -0.1) is 0 Å². The molecule has 0 aromatic carbocycles. The molecular weight excluding hydrogens is 282 g/mol. The maximum Gasteiger partial charge on any atom is 0.128 e. The molecule has 1 aromatic heterocycles. The monoisotopic (exact) mass is 309 g/mol. The first-order valence-corrected chi connectivity index (χ1v) is 8.57. The third-order valence-electron chi connectivity index (χ3n) is 4.77. The quantitative estimate of drug-likeness (QED) is 0.796. The van der Waals surface area contributed by atoms with Crippen molar-refractivity contribution in [2.24, 2.45) is 5.41 Å². The maximum absolute atomic E-state index is 6.26. The highest BCUT2D eigenvalue weighted by molar-refractivity contribution is 6.31. The Balaban J connectivity index is 2.02. The number of hydrogen-bond donors (Lipinski definition) is 1. The average Bonchev–Trinajstić information content (AvgIpc) is 2.50. The SMILES string of the molecule is CCCNCc1nc(N2CCC(C)(CC)CC2)ccc1Cl. The highest BCUT2D eigenvalue weighted by atomic mass is 35.5. The van der Waals surface area contributed by atoms with Gasteiger partial charge in [0.1, 0.15) is 5.82 Å². The van der Waals surface area contributed by atoms with Gasteiger partial charge in [0.2, 0.25) is 0 Å². The van der Waals surface area contributed by atoms with E-state index in [0.717, 1.165) is 49.1 Å². The van der Waals surface area contributed by atoms with Crippen LogP contribution in [-0.4, -0.2) is 24.6 Å². The van der Waals surface area contributed by atoms with Crippen LogP contribution in [0.3, 0.4) is 0 Å². The van der Waals surface area contributed by atoms with Crippen LogP contribution in [0.25, 0.3) is 0 Å². The van der Waals surface area contributed by atoms with Gasteiger partial charge < -0.3 is 10.2 Å². The molecule has 3 nitrogen and oxygen atoms in total. The summed E-state index contributed by atoms with van der Waals surface area (Å²) in [6.45, 7) is 10.8. The minimum absolute atomic E-state index is 0.508. The number of piperidine rings is 1. The molecule has 0 saturated carbocycles. The van der Waals surface area contributed by atoms with Crippen LogP contribution in [0.5, 0.6) is 0 Å². The molecule has 0 aliphatic carbocycles. The van der Waals surface area contributed by atoms with Gasteiger partial charge in [-0.3, -0.25) is 0 Å². The molecule has 1 saturated heterocycles. The second-order valence-corrected chi connectivity index (χ2v) is 6.83. The van der Waals surface area contributed by atoms with E-state index < -0.39 is 0 Å². The van der Waals surface area contributed by atoms with Crippen molar-refractivity contribution in [3.63, 3.8) is 0 Å². The van der Waals surface area contributed by atoms with Crippen molar-refractivity contribution in [2.45, 2.75) is 53.0 Å². The highest BCUT2D eigenvalue weighted by Gasteiger charge is 2.28. The van der Waals surface area contributed by atoms with Gasteiger partial charge in [0.25, 0.3) is 0 Å². The molecule has 0 unspecified atom stereocenters. The van der Waals surface area contributed by atoms with Gasteiger partial charge in [-0.1, -0.05) is 38.8 Å². The van der Waals surface area contributed by atoms with Gasteiger partial charge in [-0.2, -0.15) is 0 Å². The van der Waals surface area contributed by atoms with Crippen molar-refractivity contribution in [3.8, 4) is 0 Å². The fourth-order valence-corrected chi connectivity index (χ4v) is 2.96. The smallest absolute Gasteiger partial charge is 0.128 e. The second kappa shape index (κ2) is 7.46. The molecule has 1 fully saturated rings. The van der Waals surface area contributed by atoms with Crippen LogP contribution in [0.2, 0.25) is 5.02 Å². The minimum atomic E-state index is 0.508. The summed E-state index contributed by atoms with van der Waals surface area (Å²) in [5.74, 6) is 1.07. The van der Waals surface area contributed by atoms with E-state index in [1.807, 2.05) is 6.07 Å². The van der Waals surface area contributed by atoms with E-state index in [1.165, 1.54) is 19.3 Å². The van der Waals surface area contributed by atoms with Gasteiger partial charge in [0, 0.05) is 19.6 Å². The normalized spacial score (nSPS) is 18.0. The molecule has 0 spiro atoms. The summed E-state index contributed by atoms with van der Waals surface area (Å²) in [4.78, 5) is 7.17. The Labute approximate surface area is 134 Å². The minimum Gasteiger partial charge on any atom is -0.357 e. The maximum atomic E-state index is 6.26. The third-order valence-corrected chi connectivity index (χ3v) is 5.12. The van der Waals surface area contributed by atoms with Gasteiger partial charge in [-0.05, 0) is 43.4 Å². The lowest BCUT2D eigenvalue weighted by Crippen LogP contribution is -2.39. The molecule has 1 aromatic rings. The van der Waals surface area contributed by atoms with E-state index in [0.29, 0.717) is 5.41 Å². The van der Waals surface area contributed by atoms with Crippen LogP contribution in [0.1, 0.15) is 52.1 Å². The summed E-state index contributed by atoms with van der Waals surface area (Å²) < 4.78 is 0. The van der Waals surface area contributed by atoms with E-state index in [4.69, 9.17) is 16.6 Å². The van der Waals surface area contributed by atoms with Gasteiger partial charge in [-0.25, -0.2) is 4.98 Å². The molecular formula is C17H28ClN3. The zero-order valence-electron chi connectivity index (χ0n) is 13.6. The van der Waals surface area contributed by atoms with Crippen molar-refractivity contribution in [3.05, 3.63) is 22.8 Å².